The fraction of sp³-hybridized carbons (Fsp3) is 0.111. The van der Waals surface area contributed by atoms with Gasteiger partial charge in [0.2, 0.25) is 0 Å². The van der Waals surface area contributed by atoms with Crippen LogP contribution in [0.5, 0.6) is 0 Å². The third kappa shape index (κ3) is 2.24. The average Bonchev–Trinajstić information content (AvgIpc) is 2.73. The van der Waals surface area contributed by atoms with Crippen LogP contribution in [0.3, 0.4) is 0 Å². The number of hydrogen-bond donors (Lipinski definition) is 2. The lowest BCUT2D eigenvalue weighted by molar-refractivity contribution is 1.02. The minimum absolute atomic E-state index is 0.101. The van der Waals surface area contributed by atoms with Crippen molar-refractivity contribution >= 4 is 17.2 Å². The molecule has 0 aliphatic rings. The zero-order valence-electron chi connectivity index (χ0n) is 8.10. The molecule has 2 N–H and O–H groups in total. The third-order valence-electron chi connectivity index (χ3n) is 1.82. The van der Waals surface area contributed by atoms with E-state index < -0.39 is 0 Å². The Bertz CT molecular complexity index is 582. The van der Waals surface area contributed by atoms with Gasteiger partial charge in [-0.15, -0.1) is 0 Å². The second-order valence-corrected chi connectivity index (χ2v) is 3.73. The molecular formula is C9H7N5OS. The van der Waals surface area contributed by atoms with Crippen molar-refractivity contribution in [2.75, 3.05) is 5.32 Å². The number of aromatic amines is 1. The van der Waals surface area contributed by atoms with E-state index in [2.05, 4.69) is 20.3 Å². The number of nitrogens with one attached hydrogen (secondary N) is 2. The van der Waals surface area contributed by atoms with Crippen molar-refractivity contribution in [3.63, 3.8) is 0 Å². The summed E-state index contributed by atoms with van der Waals surface area (Å²) in [5.41, 5.74) is 0.990. The molecule has 0 unspecified atom stereocenters. The molecule has 0 saturated carbocycles. The smallest absolute Gasteiger partial charge is 0.304 e. The van der Waals surface area contributed by atoms with Crippen LogP contribution in [0, 0.1) is 11.3 Å². The van der Waals surface area contributed by atoms with Crippen molar-refractivity contribution in [1.29, 1.82) is 5.26 Å². The second-order valence-electron chi connectivity index (χ2n) is 2.89. The summed E-state index contributed by atoms with van der Waals surface area (Å²) in [7, 11) is 0. The molecule has 0 bridgehead atoms. The summed E-state index contributed by atoms with van der Waals surface area (Å²) in [6.07, 6.45) is 2.95. The Hall–Kier alpha value is -2.20. The van der Waals surface area contributed by atoms with Crippen LogP contribution in [0.4, 0.5) is 5.82 Å². The molecule has 0 aliphatic heterocycles. The zero-order valence-corrected chi connectivity index (χ0v) is 8.91. The zero-order chi connectivity index (χ0) is 11.4. The molecular weight excluding hydrogens is 226 g/mol. The van der Waals surface area contributed by atoms with Crippen LogP contribution in [0.15, 0.2) is 22.6 Å². The predicted octanol–water partition coefficient (Wildman–Crippen LogP) is 0.710. The fourth-order valence-corrected chi connectivity index (χ4v) is 1.71. The Kier molecular flexibility index (Phi) is 2.93. The number of anilines is 1. The van der Waals surface area contributed by atoms with Crippen molar-refractivity contribution in [2.45, 2.75) is 6.54 Å². The SMILES string of the molecule is N#Cc1nccnc1NCc1csc(=O)[nH]1. The number of hydrogen-bond acceptors (Lipinski definition) is 6. The highest BCUT2D eigenvalue weighted by molar-refractivity contribution is 7.07. The Balaban J connectivity index is 2.11. The average molecular weight is 233 g/mol. The molecule has 0 fully saturated rings. The summed E-state index contributed by atoms with van der Waals surface area (Å²) in [5.74, 6) is 0.414. The van der Waals surface area contributed by atoms with Crippen LogP contribution >= 0.6 is 11.3 Å². The van der Waals surface area contributed by atoms with Crippen LogP contribution in [-0.4, -0.2) is 15.0 Å². The highest BCUT2D eigenvalue weighted by atomic mass is 32.1. The molecule has 0 atom stereocenters. The third-order valence-corrected chi connectivity index (χ3v) is 2.54. The lowest BCUT2D eigenvalue weighted by atomic mass is 10.4. The maximum atomic E-state index is 10.9. The van der Waals surface area contributed by atoms with E-state index in [0.717, 1.165) is 17.0 Å². The number of nitriles is 1. The monoisotopic (exact) mass is 233 g/mol. The predicted molar refractivity (Wildman–Crippen MR) is 59.0 cm³/mol. The van der Waals surface area contributed by atoms with Crippen LogP contribution in [0.25, 0.3) is 0 Å². The van der Waals surface area contributed by atoms with E-state index in [1.165, 1.54) is 12.4 Å². The first-order chi connectivity index (χ1) is 7.79. The lowest BCUT2D eigenvalue weighted by Crippen LogP contribution is -2.06. The maximum absolute atomic E-state index is 10.9. The molecule has 2 aromatic heterocycles. The lowest BCUT2D eigenvalue weighted by Gasteiger charge is -2.03. The summed E-state index contributed by atoms with van der Waals surface area (Å²) in [6.45, 7) is 0.409. The van der Waals surface area contributed by atoms with Gasteiger partial charge in [0.15, 0.2) is 11.5 Å². The van der Waals surface area contributed by atoms with Gasteiger partial charge in [-0.1, -0.05) is 11.3 Å². The Labute approximate surface area is 94.6 Å². The number of rotatable bonds is 3. The Morgan fingerprint density at radius 2 is 2.31 bits per heavy atom. The van der Waals surface area contributed by atoms with Gasteiger partial charge in [0, 0.05) is 23.5 Å². The quantitative estimate of drug-likeness (QED) is 0.814. The van der Waals surface area contributed by atoms with Gasteiger partial charge in [0.1, 0.15) is 6.07 Å². The Morgan fingerprint density at radius 1 is 1.50 bits per heavy atom. The molecule has 6 nitrogen and oxygen atoms in total. The van der Waals surface area contributed by atoms with Gasteiger partial charge < -0.3 is 10.3 Å². The van der Waals surface area contributed by atoms with Gasteiger partial charge >= 0.3 is 4.87 Å². The minimum atomic E-state index is -0.101. The van der Waals surface area contributed by atoms with Gasteiger partial charge in [0.05, 0.1) is 6.54 Å². The van der Waals surface area contributed by atoms with E-state index in [1.807, 2.05) is 6.07 Å². The van der Waals surface area contributed by atoms with Crippen molar-refractivity contribution in [2.24, 2.45) is 0 Å². The molecule has 0 spiro atoms. The first-order valence-electron chi connectivity index (χ1n) is 4.41. The van der Waals surface area contributed by atoms with Gasteiger partial charge in [-0.25, -0.2) is 9.97 Å². The van der Waals surface area contributed by atoms with Crippen molar-refractivity contribution < 1.29 is 0 Å². The van der Waals surface area contributed by atoms with E-state index in [-0.39, 0.29) is 10.6 Å². The van der Waals surface area contributed by atoms with Gasteiger partial charge in [0.25, 0.3) is 0 Å². The first-order valence-corrected chi connectivity index (χ1v) is 5.29. The minimum Gasteiger partial charge on any atom is -0.362 e. The van der Waals surface area contributed by atoms with Gasteiger partial charge in [-0.2, -0.15) is 5.26 Å². The summed E-state index contributed by atoms with van der Waals surface area (Å²) in [6, 6.07) is 1.93. The highest BCUT2D eigenvalue weighted by Crippen LogP contribution is 2.08. The number of H-pyrrole nitrogens is 1. The normalized spacial score (nSPS) is 9.69. The van der Waals surface area contributed by atoms with E-state index in [1.54, 1.807) is 5.38 Å². The molecule has 0 aromatic carbocycles. The number of thiazole rings is 1. The standard InChI is InChI=1S/C9H7N5OS/c10-3-7-8(12-2-1-11-7)13-4-6-5-16-9(15)14-6/h1-2,5H,4H2,(H,12,13)(H,14,15). The number of nitrogens with zero attached hydrogens (tertiary/aromatic N) is 3. The van der Waals surface area contributed by atoms with E-state index in [4.69, 9.17) is 5.26 Å². The molecule has 80 valence electrons. The number of aromatic nitrogens is 3. The molecule has 2 aromatic rings. The molecule has 2 rings (SSSR count). The second kappa shape index (κ2) is 4.55. The summed E-state index contributed by atoms with van der Waals surface area (Å²) < 4.78 is 0. The van der Waals surface area contributed by atoms with Gasteiger partial charge in [-0.05, 0) is 0 Å². The van der Waals surface area contributed by atoms with Gasteiger partial charge in [-0.3, -0.25) is 4.79 Å². The Morgan fingerprint density at radius 3 is 3.00 bits per heavy atom. The maximum Gasteiger partial charge on any atom is 0.304 e. The summed E-state index contributed by atoms with van der Waals surface area (Å²) in [4.78, 5) is 21.3. The van der Waals surface area contributed by atoms with Crippen molar-refractivity contribution in [1.82, 2.24) is 15.0 Å². The fourth-order valence-electron chi connectivity index (χ4n) is 1.13. The van der Waals surface area contributed by atoms with Crippen molar-refractivity contribution in [3.8, 4) is 6.07 Å². The topological polar surface area (TPSA) is 94.5 Å². The highest BCUT2D eigenvalue weighted by Gasteiger charge is 2.03. The molecule has 7 heteroatoms. The van der Waals surface area contributed by atoms with Crippen LogP contribution in [0.1, 0.15) is 11.4 Å². The molecule has 2 heterocycles. The van der Waals surface area contributed by atoms with Crippen LogP contribution < -0.4 is 10.2 Å². The van der Waals surface area contributed by atoms with Crippen molar-refractivity contribution in [3.05, 3.63) is 38.8 Å². The van der Waals surface area contributed by atoms with E-state index in [9.17, 15) is 4.79 Å². The molecule has 16 heavy (non-hydrogen) atoms. The molecule has 0 radical (unpaired) electrons. The molecule has 0 amide bonds. The molecule has 0 saturated heterocycles. The van der Waals surface area contributed by atoms with E-state index in [0.29, 0.717) is 12.4 Å². The van der Waals surface area contributed by atoms with Crippen LogP contribution in [-0.2, 0) is 6.54 Å². The summed E-state index contributed by atoms with van der Waals surface area (Å²) >= 11 is 1.10. The summed E-state index contributed by atoms with van der Waals surface area (Å²) in [5, 5.41) is 13.4. The van der Waals surface area contributed by atoms with Crippen LogP contribution in [0.2, 0.25) is 0 Å². The first kappa shape index (κ1) is 10.3. The largest absolute Gasteiger partial charge is 0.362 e. The van der Waals surface area contributed by atoms with E-state index >= 15 is 0 Å². The molecule has 0 aliphatic carbocycles.